The number of carbonyl (C=O) groups excluding carboxylic acids is 1. The molecule has 1 amide bonds. The number of aromatic nitrogens is 1. The van der Waals surface area contributed by atoms with Gasteiger partial charge < -0.3 is 14.5 Å². The van der Waals surface area contributed by atoms with E-state index in [9.17, 15) is 9.59 Å². The molecule has 2 heterocycles. The molecule has 0 saturated carbocycles. The maximum atomic E-state index is 11.9. The van der Waals surface area contributed by atoms with Crippen molar-refractivity contribution in [3.63, 3.8) is 0 Å². The number of hydrogen-bond donors (Lipinski definition) is 2. The third-order valence-corrected chi connectivity index (χ3v) is 2.94. The zero-order chi connectivity index (χ0) is 12.5. The van der Waals surface area contributed by atoms with Crippen molar-refractivity contribution in [2.75, 3.05) is 11.9 Å². The second-order valence-electron chi connectivity index (χ2n) is 4.18. The van der Waals surface area contributed by atoms with Crippen molar-refractivity contribution in [2.24, 2.45) is 0 Å². The number of hydrogen-bond acceptors (Lipinski definition) is 4. The Kier molecular flexibility index (Phi) is 2.64. The van der Waals surface area contributed by atoms with E-state index in [0.717, 1.165) is 12.8 Å². The van der Waals surface area contributed by atoms with Crippen LogP contribution in [0.2, 0.25) is 0 Å². The number of amides is 1. The Hall–Kier alpha value is -2.08. The summed E-state index contributed by atoms with van der Waals surface area (Å²) >= 11 is 0. The van der Waals surface area contributed by atoms with Crippen molar-refractivity contribution in [1.29, 1.82) is 0 Å². The Balaban J connectivity index is 1.89. The van der Waals surface area contributed by atoms with Gasteiger partial charge in [-0.25, -0.2) is 4.79 Å². The van der Waals surface area contributed by atoms with Gasteiger partial charge in [-0.2, -0.15) is 0 Å². The van der Waals surface area contributed by atoms with Gasteiger partial charge in [0.2, 0.25) is 0 Å². The van der Waals surface area contributed by atoms with Crippen molar-refractivity contribution >= 4 is 22.7 Å². The van der Waals surface area contributed by atoms with Gasteiger partial charge in [0.05, 0.1) is 5.69 Å². The Morgan fingerprint density at radius 3 is 3.11 bits per heavy atom. The van der Waals surface area contributed by atoms with Crippen LogP contribution in [0.1, 0.15) is 12.8 Å². The predicted molar refractivity (Wildman–Crippen MR) is 64.4 cm³/mol. The number of fused-ring (bicyclic) bond motifs is 1. The average Bonchev–Trinajstić information content (AvgIpc) is 2.96. The molecule has 3 rings (SSSR count). The van der Waals surface area contributed by atoms with E-state index in [1.165, 1.54) is 0 Å². The summed E-state index contributed by atoms with van der Waals surface area (Å²) in [5.74, 6) is -0.731. The van der Waals surface area contributed by atoms with Gasteiger partial charge in [-0.1, -0.05) is 6.07 Å². The molecule has 0 spiro atoms. The third-order valence-electron chi connectivity index (χ3n) is 2.94. The van der Waals surface area contributed by atoms with Crippen LogP contribution in [0.3, 0.4) is 0 Å². The van der Waals surface area contributed by atoms with E-state index >= 15 is 0 Å². The molecule has 1 atom stereocenters. The summed E-state index contributed by atoms with van der Waals surface area (Å²) in [7, 11) is 0. The van der Waals surface area contributed by atoms with Crippen LogP contribution in [-0.2, 0) is 9.53 Å². The molecule has 6 heteroatoms. The normalized spacial score (nSPS) is 19.2. The van der Waals surface area contributed by atoms with Crippen molar-refractivity contribution < 1.29 is 13.9 Å². The van der Waals surface area contributed by atoms with E-state index in [-0.39, 0.29) is 5.91 Å². The number of carbonyl (C=O) groups is 1. The molecule has 1 aromatic heterocycles. The summed E-state index contributed by atoms with van der Waals surface area (Å²) in [6.07, 6.45) is 1.22. The molecule has 1 aliphatic rings. The summed E-state index contributed by atoms with van der Waals surface area (Å²) in [5, 5.41) is 2.75. The SMILES string of the molecule is O=C(Nc1cccc2oc(=O)[nH]c12)C1CCCO1. The van der Waals surface area contributed by atoms with E-state index in [2.05, 4.69) is 10.3 Å². The molecule has 18 heavy (non-hydrogen) atoms. The van der Waals surface area contributed by atoms with Crippen LogP contribution in [-0.4, -0.2) is 23.6 Å². The number of rotatable bonds is 2. The van der Waals surface area contributed by atoms with Gasteiger partial charge in [0.15, 0.2) is 5.58 Å². The maximum Gasteiger partial charge on any atom is 0.417 e. The van der Waals surface area contributed by atoms with Gasteiger partial charge in [0, 0.05) is 6.61 Å². The monoisotopic (exact) mass is 248 g/mol. The highest BCUT2D eigenvalue weighted by molar-refractivity contribution is 6.00. The summed E-state index contributed by atoms with van der Waals surface area (Å²) in [5.41, 5.74) is 1.44. The molecule has 1 aromatic carbocycles. The van der Waals surface area contributed by atoms with E-state index in [1.54, 1.807) is 18.2 Å². The quantitative estimate of drug-likeness (QED) is 0.837. The summed E-state index contributed by atoms with van der Waals surface area (Å²) < 4.78 is 10.2. The number of oxazole rings is 1. The highest BCUT2D eigenvalue weighted by atomic mass is 16.5. The Morgan fingerprint density at radius 1 is 1.44 bits per heavy atom. The lowest BCUT2D eigenvalue weighted by atomic mass is 10.2. The molecule has 94 valence electrons. The summed E-state index contributed by atoms with van der Waals surface area (Å²) in [6.45, 7) is 0.616. The molecule has 6 nitrogen and oxygen atoms in total. The number of ether oxygens (including phenoxy) is 1. The first-order valence-electron chi connectivity index (χ1n) is 5.78. The van der Waals surface area contributed by atoms with Gasteiger partial charge >= 0.3 is 5.76 Å². The predicted octanol–water partition coefficient (Wildman–Crippen LogP) is 1.24. The first kappa shape index (κ1) is 11.0. The lowest BCUT2D eigenvalue weighted by Gasteiger charge is -2.10. The van der Waals surface area contributed by atoms with Crippen LogP contribution in [0.4, 0.5) is 5.69 Å². The number of H-pyrrole nitrogens is 1. The lowest BCUT2D eigenvalue weighted by molar-refractivity contribution is -0.124. The van der Waals surface area contributed by atoms with Crippen LogP contribution in [0.15, 0.2) is 27.4 Å². The molecule has 0 aliphatic carbocycles. The van der Waals surface area contributed by atoms with Crippen LogP contribution in [0.25, 0.3) is 11.1 Å². The second-order valence-corrected chi connectivity index (χ2v) is 4.18. The molecule has 2 N–H and O–H groups in total. The van der Waals surface area contributed by atoms with Gasteiger partial charge in [0.1, 0.15) is 11.6 Å². The number of para-hydroxylation sites is 1. The Morgan fingerprint density at radius 2 is 2.33 bits per heavy atom. The zero-order valence-electron chi connectivity index (χ0n) is 9.56. The molecular formula is C12H12N2O4. The molecule has 1 aliphatic heterocycles. The van der Waals surface area contributed by atoms with Crippen LogP contribution in [0.5, 0.6) is 0 Å². The van der Waals surface area contributed by atoms with E-state index in [1.807, 2.05) is 0 Å². The van der Waals surface area contributed by atoms with Gasteiger partial charge in [-0.15, -0.1) is 0 Å². The van der Waals surface area contributed by atoms with Gasteiger partial charge in [0.25, 0.3) is 5.91 Å². The molecular weight excluding hydrogens is 236 g/mol. The molecule has 2 aromatic rings. The fourth-order valence-electron chi connectivity index (χ4n) is 2.07. The second kappa shape index (κ2) is 4.30. The standard InChI is InChI=1S/C12H12N2O4/c15-11(9-5-2-6-17-9)13-7-3-1-4-8-10(7)14-12(16)18-8/h1,3-4,9H,2,5-6H2,(H,13,15)(H,14,16). The summed E-state index contributed by atoms with van der Waals surface area (Å²) in [4.78, 5) is 25.6. The number of anilines is 1. The lowest BCUT2D eigenvalue weighted by Crippen LogP contribution is -2.26. The van der Waals surface area contributed by atoms with Crippen molar-refractivity contribution in [3.05, 3.63) is 28.7 Å². The fraction of sp³-hybridized carbons (Fsp3) is 0.333. The zero-order valence-corrected chi connectivity index (χ0v) is 9.56. The number of benzene rings is 1. The highest BCUT2D eigenvalue weighted by Crippen LogP contribution is 2.21. The molecule has 1 saturated heterocycles. The minimum absolute atomic E-state index is 0.193. The van der Waals surface area contributed by atoms with E-state index < -0.39 is 11.9 Å². The van der Waals surface area contributed by atoms with Crippen LogP contribution < -0.4 is 11.1 Å². The smallest absolute Gasteiger partial charge is 0.408 e. The summed E-state index contributed by atoms with van der Waals surface area (Å²) in [6, 6.07) is 5.08. The topological polar surface area (TPSA) is 84.3 Å². The first-order valence-corrected chi connectivity index (χ1v) is 5.78. The Labute approximate surface area is 102 Å². The van der Waals surface area contributed by atoms with E-state index in [0.29, 0.717) is 23.4 Å². The van der Waals surface area contributed by atoms with Crippen molar-refractivity contribution in [3.8, 4) is 0 Å². The van der Waals surface area contributed by atoms with Gasteiger partial charge in [-0.3, -0.25) is 9.78 Å². The largest absolute Gasteiger partial charge is 0.417 e. The van der Waals surface area contributed by atoms with Crippen molar-refractivity contribution in [1.82, 2.24) is 4.98 Å². The first-order chi connectivity index (χ1) is 8.74. The van der Waals surface area contributed by atoms with E-state index in [4.69, 9.17) is 9.15 Å². The van der Waals surface area contributed by atoms with Crippen LogP contribution >= 0.6 is 0 Å². The molecule has 0 radical (unpaired) electrons. The van der Waals surface area contributed by atoms with Gasteiger partial charge in [-0.05, 0) is 25.0 Å². The number of nitrogens with one attached hydrogen (secondary N) is 2. The highest BCUT2D eigenvalue weighted by Gasteiger charge is 2.24. The Bertz CT molecular complexity index is 637. The minimum Gasteiger partial charge on any atom is -0.408 e. The molecule has 0 bridgehead atoms. The molecule has 1 unspecified atom stereocenters. The third kappa shape index (κ3) is 1.91. The van der Waals surface area contributed by atoms with Crippen molar-refractivity contribution in [2.45, 2.75) is 18.9 Å². The average molecular weight is 248 g/mol. The van der Waals surface area contributed by atoms with Crippen LogP contribution in [0, 0.1) is 0 Å². The minimum atomic E-state index is -0.538. The maximum absolute atomic E-state index is 11.9. The molecule has 1 fully saturated rings. The fourth-order valence-corrected chi connectivity index (χ4v) is 2.07. The number of aromatic amines is 1.